The zero-order chi connectivity index (χ0) is 13.8. The van der Waals surface area contributed by atoms with Crippen molar-refractivity contribution in [1.82, 2.24) is 4.98 Å². The Morgan fingerprint density at radius 2 is 1.84 bits per heavy atom. The molecule has 0 bridgehead atoms. The molecule has 0 saturated heterocycles. The highest BCUT2D eigenvalue weighted by molar-refractivity contribution is 7.12. The average Bonchev–Trinajstić information content (AvgIpc) is 2.89. The van der Waals surface area contributed by atoms with Gasteiger partial charge in [0.1, 0.15) is 16.4 Å². The molecule has 0 atom stereocenters. The number of carbonyl (C=O) groups is 2. The second-order valence-electron chi connectivity index (χ2n) is 3.40. The van der Waals surface area contributed by atoms with E-state index >= 15 is 0 Å². The van der Waals surface area contributed by atoms with Crippen molar-refractivity contribution in [3.05, 3.63) is 40.3 Å². The highest BCUT2D eigenvalue weighted by Gasteiger charge is 2.21. The minimum Gasteiger partial charge on any atom is -0.497 e. The van der Waals surface area contributed by atoms with Crippen molar-refractivity contribution < 1.29 is 24.2 Å². The quantitative estimate of drug-likeness (QED) is 0.681. The number of nitrogens with zero attached hydrogens (tertiary/aromatic N) is 1. The van der Waals surface area contributed by atoms with E-state index in [0.29, 0.717) is 5.75 Å². The maximum atomic E-state index is 11.8. The molecule has 19 heavy (non-hydrogen) atoms. The van der Waals surface area contributed by atoms with E-state index in [2.05, 4.69) is 4.98 Å². The lowest BCUT2D eigenvalue weighted by molar-refractivity contribution is 0.0670. The van der Waals surface area contributed by atoms with E-state index in [0.717, 1.165) is 11.3 Å². The summed E-state index contributed by atoms with van der Waals surface area (Å²) in [5, 5.41) is 8.88. The number of aromatic carboxylic acids is 1. The van der Waals surface area contributed by atoms with E-state index in [4.69, 9.17) is 14.6 Å². The van der Waals surface area contributed by atoms with Gasteiger partial charge in [-0.2, -0.15) is 0 Å². The summed E-state index contributed by atoms with van der Waals surface area (Å²) in [5.41, 5.74) is 1.09. The third-order valence-electron chi connectivity index (χ3n) is 2.23. The van der Waals surface area contributed by atoms with Gasteiger partial charge in [-0.1, -0.05) is 0 Å². The number of thiazole rings is 1. The molecule has 1 heterocycles. The summed E-state index contributed by atoms with van der Waals surface area (Å²) in [6.07, 6.45) is 0. The Kier molecular flexibility index (Phi) is 3.76. The molecule has 2 rings (SSSR count). The lowest BCUT2D eigenvalue weighted by Gasteiger charge is -2.04. The SMILES string of the molecule is COc1ccc(OC(=O)c2ncsc2C(=O)O)cc1. The van der Waals surface area contributed by atoms with E-state index in [1.165, 1.54) is 12.6 Å². The summed E-state index contributed by atoms with van der Waals surface area (Å²) < 4.78 is 10.0. The molecule has 2 aromatic rings. The Bertz CT molecular complexity index is 605. The zero-order valence-corrected chi connectivity index (χ0v) is 10.6. The normalized spacial score (nSPS) is 9.95. The second kappa shape index (κ2) is 5.49. The van der Waals surface area contributed by atoms with E-state index in [1.54, 1.807) is 24.3 Å². The molecule has 0 saturated carbocycles. The van der Waals surface area contributed by atoms with Crippen LogP contribution in [0.5, 0.6) is 11.5 Å². The van der Waals surface area contributed by atoms with Gasteiger partial charge in [0.2, 0.25) is 0 Å². The summed E-state index contributed by atoms with van der Waals surface area (Å²) in [6.45, 7) is 0. The average molecular weight is 279 g/mol. The molecule has 0 fully saturated rings. The van der Waals surface area contributed by atoms with Crippen LogP contribution in [0.2, 0.25) is 0 Å². The molecule has 0 aliphatic rings. The molecule has 7 heteroatoms. The maximum absolute atomic E-state index is 11.8. The molecular weight excluding hydrogens is 270 g/mol. The summed E-state index contributed by atoms with van der Waals surface area (Å²) in [4.78, 5) is 26.2. The van der Waals surface area contributed by atoms with Gasteiger partial charge in [0.15, 0.2) is 5.69 Å². The first kappa shape index (κ1) is 13.0. The molecule has 0 amide bonds. The third-order valence-corrected chi connectivity index (χ3v) is 3.04. The van der Waals surface area contributed by atoms with Crippen LogP contribution < -0.4 is 9.47 Å². The van der Waals surface area contributed by atoms with Gasteiger partial charge in [0.05, 0.1) is 12.6 Å². The second-order valence-corrected chi connectivity index (χ2v) is 4.26. The first-order valence-corrected chi connectivity index (χ1v) is 6.03. The van der Waals surface area contributed by atoms with Gasteiger partial charge in [0, 0.05) is 0 Å². The predicted molar refractivity (Wildman–Crippen MR) is 67.0 cm³/mol. The highest BCUT2D eigenvalue weighted by atomic mass is 32.1. The smallest absolute Gasteiger partial charge is 0.364 e. The minimum absolute atomic E-state index is 0.140. The topological polar surface area (TPSA) is 85.7 Å². The van der Waals surface area contributed by atoms with Crippen LogP contribution in [0.4, 0.5) is 0 Å². The number of carboxylic acid groups (broad SMARTS) is 1. The van der Waals surface area contributed by atoms with Crippen molar-refractivity contribution in [1.29, 1.82) is 0 Å². The lowest BCUT2D eigenvalue weighted by Crippen LogP contribution is -2.13. The summed E-state index contributed by atoms with van der Waals surface area (Å²) in [6, 6.07) is 6.34. The van der Waals surface area contributed by atoms with Crippen LogP contribution in [0.3, 0.4) is 0 Å². The van der Waals surface area contributed by atoms with Crippen molar-refractivity contribution in [2.45, 2.75) is 0 Å². The van der Waals surface area contributed by atoms with Crippen LogP contribution in [-0.2, 0) is 0 Å². The molecule has 98 valence electrons. The molecule has 1 N–H and O–H groups in total. The lowest BCUT2D eigenvalue weighted by atomic mass is 10.3. The Balaban J connectivity index is 2.16. The third kappa shape index (κ3) is 2.89. The van der Waals surface area contributed by atoms with Crippen molar-refractivity contribution >= 4 is 23.3 Å². The predicted octanol–water partition coefficient (Wildman–Crippen LogP) is 2.07. The highest BCUT2D eigenvalue weighted by Crippen LogP contribution is 2.20. The number of benzene rings is 1. The van der Waals surface area contributed by atoms with Gasteiger partial charge in [-0.3, -0.25) is 0 Å². The number of methoxy groups -OCH3 is 1. The van der Waals surface area contributed by atoms with E-state index in [-0.39, 0.29) is 16.3 Å². The molecule has 0 unspecified atom stereocenters. The first-order valence-electron chi connectivity index (χ1n) is 5.15. The Morgan fingerprint density at radius 1 is 1.21 bits per heavy atom. The minimum atomic E-state index is -1.20. The fraction of sp³-hybridized carbons (Fsp3) is 0.0833. The Hall–Kier alpha value is -2.41. The standard InChI is InChI=1S/C12H9NO5S/c1-17-7-2-4-8(5-3-7)18-12(16)9-10(11(14)15)19-6-13-9/h2-6H,1H3,(H,14,15). The molecule has 0 aliphatic carbocycles. The number of hydrogen-bond donors (Lipinski definition) is 1. The number of esters is 1. The van der Waals surface area contributed by atoms with Crippen LogP contribution in [0.1, 0.15) is 20.2 Å². The van der Waals surface area contributed by atoms with Crippen molar-refractivity contribution in [2.75, 3.05) is 7.11 Å². The Morgan fingerprint density at radius 3 is 2.42 bits per heavy atom. The van der Waals surface area contributed by atoms with Crippen molar-refractivity contribution in [2.24, 2.45) is 0 Å². The Labute approximate surface area is 112 Å². The van der Waals surface area contributed by atoms with Crippen LogP contribution in [0, 0.1) is 0 Å². The molecule has 1 aromatic carbocycles. The van der Waals surface area contributed by atoms with Crippen LogP contribution >= 0.6 is 11.3 Å². The molecule has 0 radical (unpaired) electrons. The number of hydrogen-bond acceptors (Lipinski definition) is 6. The van der Waals surface area contributed by atoms with Gasteiger partial charge in [-0.25, -0.2) is 14.6 Å². The van der Waals surface area contributed by atoms with Gasteiger partial charge < -0.3 is 14.6 Å². The van der Waals surface area contributed by atoms with Gasteiger partial charge in [0.25, 0.3) is 0 Å². The van der Waals surface area contributed by atoms with E-state index in [9.17, 15) is 9.59 Å². The molecule has 1 aromatic heterocycles. The molecular formula is C12H9NO5S. The summed E-state index contributed by atoms with van der Waals surface area (Å²) in [5.74, 6) is -1.09. The van der Waals surface area contributed by atoms with Crippen LogP contribution in [-0.4, -0.2) is 29.1 Å². The summed E-state index contributed by atoms with van der Waals surface area (Å²) >= 11 is 0.871. The van der Waals surface area contributed by atoms with Gasteiger partial charge in [-0.15, -0.1) is 11.3 Å². The number of carboxylic acids is 1. The fourth-order valence-electron chi connectivity index (χ4n) is 1.34. The van der Waals surface area contributed by atoms with Gasteiger partial charge >= 0.3 is 11.9 Å². The molecule has 6 nitrogen and oxygen atoms in total. The first-order chi connectivity index (χ1) is 9.11. The number of rotatable bonds is 4. The number of aromatic nitrogens is 1. The van der Waals surface area contributed by atoms with E-state index in [1.807, 2.05) is 0 Å². The largest absolute Gasteiger partial charge is 0.497 e. The monoisotopic (exact) mass is 279 g/mol. The summed E-state index contributed by atoms with van der Waals surface area (Å²) in [7, 11) is 1.52. The van der Waals surface area contributed by atoms with Gasteiger partial charge in [-0.05, 0) is 24.3 Å². The van der Waals surface area contributed by atoms with Crippen molar-refractivity contribution in [3.63, 3.8) is 0 Å². The van der Waals surface area contributed by atoms with Crippen molar-refractivity contribution in [3.8, 4) is 11.5 Å². The van der Waals surface area contributed by atoms with Crippen LogP contribution in [0.15, 0.2) is 29.8 Å². The fourth-order valence-corrected chi connectivity index (χ4v) is 1.95. The van der Waals surface area contributed by atoms with E-state index < -0.39 is 11.9 Å². The number of carbonyl (C=O) groups excluding carboxylic acids is 1. The van der Waals surface area contributed by atoms with Crippen LogP contribution in [0.25, 0.3) is 0 Å². The zero-order valence-electron chi connectivity index (χ0n) is 9.82. The molecule has 0 spiro atoms. The molecule has 0 aliphatic heterocycles. The maximum Gasteiger partial charge on any atom is 0.364 e. The number of ether oxygens (including phenoxy) is 2.